The number of rotatable bonds is 14. The number of fused-ring (bicyclic) bond motifs is 1. The van der Waals surface area contributed by atoms with E-state index < -0.39 is 41.6 Å². The zero-order valence-electron chi connectivity index (χ0n) is 25.4. The molecule has 1 aromatic heterocycles. The minimum atomic E-state index is -1.04. The van der Waals surface area contributed by atoms with Crippen LogP contribution in [0, 0.1) is 0 Å². The summed E-state index contributed by atoms with van der Waals surface area (Å²) in [5, 5.41) is 9.15. The van der Waals surface area contributed by atoms with Gasteiger partial charge in [0.15, 0.2) is 5.78 Å². The number of aromatic nitrogens is 1. The molecule has 2 heterocycles. The number of hydrogen-bond acceptors (Lipinski definition) is 6. The number of ether oxygens (including phenoxy) is 2. The molecule has 10 heteroatoms. The van der Waals surface area contributed by atoms with E-state index in [0.29, 0.717) is 19.4 Å². The van der Waals surface area contributed by atoms with Crippen LogP contribution in [0.25, 0.3) is 10.9 Å². The Bertz CT molecular complexity index is 1630. The van der Waals surface area contributed by atoms with Gasteiger partial charge < -0.3 is 30.4 Å². The van der Waals surface area contributed by atoms with Crippen molar-refractivity contribution in [3.8, 4) is 0 Å². The van der Waals surface area contributed by atoms with Crippen LogP contribution in [0.4, 0.5) is 4.79 Å². The van der Waals surface area contributed by atoms with E-state index in [1.54, 1.807) is 13.1 Å². The predicted octanol–water partition coefficient (Wildman–Crippen LogP) is 3.99. The molecule has 1 saturated heterocycles. The molecule has 0 radical (unpaired) electrons. The Balaban J connectivity index is 1.29. The Morgan fingerprint density at radius 2 is 1.47 bits per heavy atom. The molecule has 3 amide bonds. The van der Waals surface area contributed by atoms with Crippen LogP contribution in [-0.4, -0.2) is 59.0 Å². The van der Waals surface area contributed by atoms with E-state index in [0.717, 1.165) is 27.6 Å². The van der Waals surface area contributed by atoms with Crippen molar-refractivity contribution in [2.24, 2.45) is 0 Å². The van der Waals surface area contributed by atoms with Gasteiger partial charge in [0, 0.05) is 23.5 Å². The lowest BCUT2D eigenvalue weighted by atomic mass is 9.94. The van der Waals surface area contributed by atoms with Gasteiger partial charge in [0.1, 0.15) is 24.3 Å². The van der Waals surface area contributed by atoms with Crippen LogP contribution < -0.4 is 16.0 Å². The fourth-order valence-electron chi connectivity index (χ4n) is 5.15. The third-order valence-corrected chi connectivity index (χ3v) is 7.97. The van der Waals surface area contributed by atoms with E-state index >= 15 is 0 Å². The summed E-state index contributed by atoms with van der Waals surface area (Å²) in [5.74, 6) is -1.29. The quantitative estimate of drug-likeness (QED) is 0.159. The van der Waals surface area contributed by atoms with Crippen LogP contribution in [-0.2, 0) is 43.3 Å². The van der Waals surface area contributed by atoms with Gasteiger partial charge in [0.25, 0.3) is 0 Å². The molecule has 4 atom stereocenters. The van der Waals surface area contributed by atoms with Crippen molar-refractivity contribution in [3.05, 3.63) is 108 Å². The second kappa shape index (κ2) is 14.2. The van der Waals surface area contributed by atoms with Crippen molar-refractivity contribution in [1.82, 2.24) is 20.9 Å². The summed E-state index contributed by atoms with van der Waals surface area (Å²) in [4.78, 5) is 56.2. The second-order valence-corrected chi connectivity index (χ2v) is 11.5. The smallest absolute Gasteiger partial charge is 0.408 e. The fraction of sp³-hybridized carbons (Fsp3) is 0.314. The molecule has 234 valence electrons. The highest BCUT2D eigenvalue weighted by atomic mass is 16.6. The van der Waals surface area contributed by atoms with Gasteiger partial charge in [0.05, 0.1) is 12.6 Å². The molecule has 0 spiro atoms. The van der Waals surface area contributed by atoms with Crippen molar-refractivity contribution in [2.45, 2.75) is 63.4 Å². The molecule has 5 rings (SSSR count). The van der Waals surface area contributed by atoms with Gasteiger partial charge >= 0.3 is 6.09 Å². The first-order valence-corrected chi connectivity index (χ1v) is 15.1. The second-order valence-electron chi connectivity index (χ2n) is 11.5. The Morgan fingerprint density at radius 3 is 2.16 bits per heavy atom. The number of alkyl carbamates (subject to hydrolysis) is 1. The molecule has 1 aliphatic rings. The Hall–Kier alpha value is -4.96. The lowest BCUT2D eigenvalue weighted by Gasteiger charge is -2.25. The van der Waals surface area contributed by atoms with Gasteiger partial charge in [-0.1, -0.05) is 78.9 Å². The summed E-state index contributed by atoms with van der Waals surface area (Å²) in [5.41, 5.74) is 2.61. The number of amides is 3. The van der Waals surface area contributed by atoms with Crippen molar-refractivity contribution < 1.29 is 28.7 Å². The first kappa shape index (κ1) is 31.5. The number of epoxide rings is 1. The van der Waals surface area contributed by atoms with E-state index in [2.05, 4.69) is 20.9 Å². The third-order valence-electron chi connectivity index (χ3n) is 7.97. The van der Waals surface area contributed by atoms with E-state index in [1.165, 1.54) is 6.92 Å². The molecule has 0 bridgehead atoms. The van der Waals surface area contributed by atoms with Crippen molar-refractivity contribution in [2.75, 3.05) is 6.61 Å². The number of carbonyl (C=O) groups excluding carboxylic acids is 4. The molecule has 0 unspecified atom stereocenters. The van der Waals surface area contributed by atoms with Crippen molar-refractivity contribution in [1.29, 1.82) is 0 Å². The average molecular weight is 611 g/mol. The summed E-state index contributed by atoms with van der Waals surface area (Å²) >= 11 is 0. The number of nitrogens with one attached hydrogen (secondary N) is 4. The van der Waals surface area contributed by atoms with Gasteiger partial charge in [-0.2, -0.15) is 0 Å². The maximum Gasteiger partial charge on any atom is 0.408 e. The number of hydrogen-bond donors (Lipinski definition) is 4. The highest BCUT2D eigenvalue weighted by Crippen LogP contribution is 2.29. The van der Waals surface area contributed by atoms with Crippen LogP contribution in [0.3, 0.4) is 0 Å². The van der Waals surface area contributed by atoms with E-state index in [4.69, 9.17) is 9.47 Å². The number of para-hydroxylation sites is 1. The van der Waals surface area contributed by atoms with Crippen LogP contribution in [0.2, 0.25) is 0 Å². The van der Waals surface area contributed by atoms with E-state index in [9.17, 15) is 19.2 Å². The highest BCUT2D eigenvalue weighted by molar-refractivity contribution is 5.98. The van der Waals surface area contributed by atoms with Crippen LogP contribution in [0.5, 0.6) is 0 Å². The molecule has 1 aliphatic heterocycles. The molecule has 45 heavy (non-hydrogen) atoms. The van der Waals surface area contributed by atoms with Gasteiger partial charge in [-0.3, -0.25) is 14.4 Å². The normalized spacial score (nSPS) is 17.5. The van der Waals surface area contributed by atoms with E-state index in [-0.39, 0.29) is 18.8 Å². The fourth-order valence-corrected chi connectivity index (χ4v) is 5.15. The summed E-state index contributed by atoms with van der Waals surface area (Å²) in [6.45, 7) is 3.57. The molecule has 10 nitrogen and oxygen atoms in total. The largest absolute Gasteiger partial charge is 0.445 e. The van der Waals surface area contributed by atoms with Gasteiger partial charge in [-0.05, 0) is 49.4 Å². The molecule has 1 fully saturated rings. The zero-order chi connectivity index (χ0) is 31.8. The summed E-state index contributed by atoms with van der Waals surface area (Å²) in [6, 6.07) is 23.7. The minimum Gasteiger partial charge on any atom is -0.445 e. The number of aryl methyl sites for hydroxylation is 1. The summed E-state index contributed by atoms with van der Waals surface area (Å²) < 4.78 is 10.7. The maximum absolute atomic E-state index is 13.9. The number of Topliss-reactive ketones (excluding diaryl/α,β-unsaturated/α-hetero) is 1. The maximum atomic E-state index is 13.9. The number of H-pyrrole nitrogens is 1. The van der Waals surface area contributed by atoms with Crippen LogP contribution in [0.15, 0.2) is 91.1 Å². The number of carbonyl (C=O) groups is 4. The lowest BCUT2D eigenvalue weighted by Crippen LogP contribution is -2.56. The average Bonchev–Trinajstić information content (AvgIpc) is 3.69. The molecule has 0 aliphatic carbocycles. The molecular weight excluding hydrogens is 572 g/mol. The van der Waals surface area contributed by atoms with Gasteiger partial charge in [-0.15, -0.1) is 0 Å². The van der Waals surface area contributed by atoms with Crippen molar-refractivity contribution >= 4 is 34.6 Å². The minimum absolute atomic E-state index is 0.0492. The Morgan fingerprint density at radius 1 is 0.844 bits per heavy atom. The van der Waals surface area contributed by atoms with Crippen LogP contribution >= 0.6 is 0 Å². The van der Waals surface area contributed by atoms with Crippen LogP contribution in [0.1, 0.15) is 37.0 Å². The lowest BCUT2D eigenvalue weighted by molar-refractivity contribution is -0.133. The first-order valence-electron chi connectivity index (χ1n) is 15.1. The SMILES string of the molecule is C[C@H](NC(=O)OCc1ccccc1)C(=O)N[C@@H](Cc1c[nH]c2ccccc12)C(=O)N[C@@H](CCc1ccccc1)C(=O)[C@@]1(C)CO1. The topological polar surface area (TPSA) is 142 Å². The van der Waals surface area contributed by atoms with E-state index in [1.807, 2.05) is 84.9 Å². The molecule has 4 N–H and O–H groups in total. The zero-order valence-corrected chi connectivity index (χ0v) is 25.4. The monoisotopic (exact) mass is 610 g/mol. The summed E-state index contributed by atoms with van der Waals surface area (Å²) in [6.07, 6.45) is 2.13. The number of benzene rings is 3. The Kier molecular flexibility index (Phi) is 9.94. The molecular formula is C35H38N4O6. The molecule has 0 saturated carbocycles. The number of aromatic amines is 1. The predicted molar refractivity (Wildman–Crippen MR) is 169 cm³/mol. The molecule has 3 aromatic carbocycles. The van der Waals surface area contributed by atoms with Crippen molar-refractivity contribution in [3.63, 3.8) is 0 Å². The third kappa shape index (κ3) is 8.36. The first-order chi connectivity index (χ1) is 21.7. The molecule has 4 aromatic rings. The van der Waals surface area contributed by atoms with Gasteiger partial charge in [-0.25, -0.2) is 4.79 Å². The van der Waals surface area contributed by atoms with Gasteiger partial charge in [0.2, 0.25) is 11.8 Å². The highest BCUT2D eigenvalue weighted by Gasteiger charge is 2.50. The summed E-state index contributed by atoms with van der Waals surface area (Å²) in [7, 11) is 0. The standard InChI is InChI=1S/C35H38N4O6/c1-23(37-34(43)44-21-25-13-7-4-8-14-25)32(41)39-30(19-26-20-36-28-16-10-9-15-27(26)28)33(42)38-29(31(40)35(2)22-45-35)18-17-24-11-5-3-6-12-24/h3-16,20,23,29-30,36H,17-19,21-22H2,1-2H3,(H,37,43)(H,38,42)(H,39,41)/t23-,29-,30-,35+/m0/s1. The number of ketones is 1. The Labute approximate surface area is 261 Å².